The summed E-state index contributed by atoms with van der Waals surface area (Å²) in [7, 11) is 0. The van der Waals surface area contributed by atoms with Crippen LogP contribution in [0.5, 0.6) is 0 Å². The predicted octanol–water partition coefficient (Wildman–Crippen LogP) is 0.853. The van der Waals surface area contributed by atoms with Gasteiger partial charge in [0.2, 0.25) is 5.91 Å². The van der Waals surface area contributed by atoms with Crippen LogP contribution in [0.1, 0.15) is 19.0 Å². The van der Waals surface area contributed by atoms with Crippen LogP contribution in [-0.4, -0.2) is 40.1 Å². The SMILES string of the molecule is CC1CN(C(=O)Cc2ccccn2)CCC1O. The van der Waals surface area contributed by atoms with Crippen LogP contribution in [0, 0.1) is 5.92 Å². The van der Waals surface area contributed by atoms with E-state index in [-0.39, 0.29) is 17.9 Å². The van der Waals surface area contributed by atoms with Crippen LogP contribution in [0.2, 0.25) is 0 Å². The van der Waals surface area contributed by atoms with E-state index in [9.17, 15) is 9.90 Å². The summed E-state index contributed by atoms with van der Waals surface area (Å²) in [5, 5.41) is 9.62. The van der Waals surface area contributed by atoms with Crippen LogP contribution in [0.4, 0.5) is 0 Å². The quantitative estimate of drug-likeness (QED) is 0.825. The molecule has 1 saturated heterocycles. The number of hydrogen-bond acceptors (Lipinski definition) is 3. The molecule has 0 aliphatic carbocycles. The van der Waals surface area contributed by atoms with Gasteiger partial charge >= 0.3 is 0 Å². The zero-order chi connectivity index (χ0) is 12.3. The van der Waals surface area contributed by atoms with Crippen molar-refractivity contribution in [1.29, 1.82) is 0 Å². The van der Waals surface area contributed by atoms with Crippen molar-refractivity contribution < 1.29 is 9.90 Å². The van der Waals surface area contributed by atoms with E-state index in [1.165, 1.54) is 0 Å². The van der Waals surface area contributed by atoms with Crippen molar-refractivity contribution in [2.45, 2.75) is 25.9 Å². The molecule has 1 aromatic rings. The number of nitrogens with zero attached hydrogens (tertiary/aromatic N) is 2. The Morgan fingerprint density at radius 2 is 2.41 bits per heavy atom. The van der Waals surface area contributed by atoms with E-state index in [0.717, 1.165) is 5.69 Å². The summed E-state index contributed by atoms with van der Waals surface area (Å²) >= 11 is 0. The highest BCUT2D eigenvalue weighted by atomic mass is 16.3. The molecule has 1 N–H and O–H groups in total. The second-order valence-electron chi connectivity index (χ2n) is 4.67. The maximum absolute atomic E-state index is 12.0. The van der Waals surface area contributed by atoms with E-state index in [1.54, 1.807) is 6.20 Å². The lowest BCUT2D eigenvalue weighted by molar-refractivity contribution is -0.134. The number of rotatable bonds is 2. The Balaban J connectivity index is 1.93. The molecular formula is C13H18N2O2. The first-order valence-corrected chi connectivity index (χ1v) is 6.02. The van der Waals surface area contributed by atoms with Crippen molar-refractivity contribution >= 4 is 5.91 Å². The third kappa shape index (κ3) is 3.03. The maximum Gasteiger partial charge on any atom is 0.228 e. The topological polar surface area (TPSA) is 53.4 Å². The fourth-order valence-electron chi connectivity index (χ4n) is 2.13. The molecule has 0 saturated carbocycles. The second kappa shape index (κ2) is 5.27. The summed E-state index contributed by atoms with van der Waals surface area (Å²) < 4.78 is 0. The number of aliphatic hydroxyl groups is 1. The van der Waals surface area contributed by atoms with Gasteiger partial charge in [-0.15, -0.1) is 0 Å². The molecule has 2 heterocycles. The van der Waals surface area contributed by atoms with Gasteiger partial charge in [-0.2, -0.15) is 0 Å². The number of aliphatic hydroxyl groups excluding tert-OH is 1. The molecule has 1 aliphatic heterocycles. The fraction of sp³-hybridized carbons (Fsp3) is 0.538. The summed E-state index contributed by atoms with van der Waals surface area (Å²) in [5.41, 5.74) is 0.802. The van der Waals surface area contributed by atoms with Gasteiger partial charge in [0.25, 0.3) is 0 Å². The van der Waals surface area contributed by atoms with Crippen LogP contribution >= 0.6 is 0 Å². The molecule has 2 unspecified atom stereocenters. The van der Waals surface area contributed by atoms with Gasteiger partial charge in [0.15, 0.2) is 0 Å². The molecule has 0 bridgehead atoms. The number of piperidine rings is 1. The zero-order valence-electron chi connectivity index (χ0n) is 10.0. The molecule has 0 aromatic carbocycles. The molecule has 1 aromatic heterocycles. The van der Waals surface area contributed by atoms with Crippen LogP contribution in [0.3, 0.4) is 0 Å². The lowest BCUT2D eigenvalue weighted by atomic mass is 9.96. The maximum atomic E-state index is 12.0. The molecule has 17 heavy (non-hydrogen) atoms. The predicted molar refractivity (Wildman–Crippen MR) is 64.3 cm³/mol. The van der Waals surface area contributed by atoms with Crippen molar-refractivity contribution in [3.05, 3.63) is 30.1 Å². The third-order valence-corrected chi connectivity index (χ3v) is 3.27. The largest absolute Gasteiger partial charge is 0.393 e. The Morgan fingerprint density at radius 3 is 3.06 bits per heavy atom. The second-order valence-corrected chi connectivity index (χ2v) is 4.67. The van der Waals surface area contributed by atoms with Crippen LogP contribution in [-0.2, 0) is 11.2 Å². The molecule has 0 spiro atoms. The van der Waals surface area contributed by atoms with Gasteiger partial charge in [0.1, 0.15) is 0 Å². The molecule has 2 rings (SSSR count). The summed E-state index contributed by atoms with van der Waals surface area (Å²) in [4.78, 5) is 18.0. The first kappa shape index (κ1) is 12.0. The number of hydrogen-bond donors (Lipinski definition) is 1. The minimum absolute atomic E-state index is 0.0995. The highest BCUT2D eigenvalue weighted by molar-refractivity contribution is 5.78. The first-order chi connectivity index (χ1) is 8.16. The molecule has 1 aliphatic rings. The van der Waals surface area contributed by atoms with Crippen LogP contribution < -0.4 is 0 Å². The van der Waals surface area contributed by atoms with Gasteiger partial charge < -0.3 is 10.0 Å². The Hall–Kier alpha value is -1.42. The molecule has 92 valence electrons. The van der Waals surface area contributed by atoms with Gasteiger partial charge in [0.05, 0.1) is 12.5 Å². The van der Waals surface area contributed by atoms with Crippen molar-refractivity contribution in [2.75, 3.05) is 13.1 Å². The smallest absolute Gasteiger partial charge is 0.228 e. The van der Waals surface area contributed by atoms with Crippen LogP contribution in [0.15, 0.2) is 24.4 Å². The average Bonchev–Trinajstić information content (AvgIpc) is 2.34. The minimum Gasteiger partial charge on any atom is -0.393 e. The van der Waals surface area contributed by atoms with Crippen molar-refractivity contribution in [3.63, 3.8) is 0 Å². The van der Waals surface area contributed by atoms with Crippen molar-refractivity contribution in [1.82, 2.24) is 9.88 Å². The van der Waals surface area contributed by atoms with Gasteiger partial charge in [-0.1, -0.05) is 13.0 Å². The van der Waals surface area contributed by atoms with E-state index in [2.05, 4.69) is 4.98 Å². The molecular weight excluding hydrogens is 216 g/mol. The number of carbonyl (C=O) groups is 1. The number of amides is 1. The summed E-state index contributed by atoms with van der Waals surface area (Å²) in [6.45, 7) is 3.27. The summed E-state index contributed by atoms with van der Waals surface area (Å²) in [6, 6.07) is 5.59. The highest BCUT2D eigenvalue weighted by Crippen LogP contribution is 2.17. The zero-order valence-corrected chi connectivity index (χ0v) is 10.0. The van der Waals surface area contributed by atoms with Crippen molar-refractivity contribution in [2.24, 2.45) is 5.92 Å². The van der Waals surface area contributed by atoms with E-state index < -0.39 is 0 Å². The van der Waals surface area contributed by atoms with Gasteiger partial charge in [-0.25, -0.2) is 0 Å². The van der Waals surface area contributed by atoms with Crippen molar-refractivity contribution in [3.8, 4) is 0 Å². The normalized spacial score (nSPS) is 24.7. The van der Waals surface area contributed by atoms with E-state index >= 15 is 0 Å². The number of carbonyl (C=O) groups excluding carboxylic acids is 1. The van der Waals surface area contributed by atoms with Gasteiger partial charge in [-0.05, 0) is 24.5 Å². The molecule has 4 heteroatoms. The van der Waals surface area contributed by atoms with E-state index in [4.69, 9.17) is 0 Å². The number of aromatic nitrogens is 1. The molecule has 0 radical (unpaired) electrons. The van der Waals surface area contributed by atoms with E-state index in [1.807, 2.05) is 30.0 Å². The lowest BCUT2D eigenvalue weighted by Crippen LogP contribution is -2.45. The summed E-state index contributed by atoms with van der Waals surface area (Å²) in [6.07, 6.45) is 2.46. The Labute approximate surface area is 101 Å². The van der Waals surface area contributed by atoms with Gasteiger partial charge in [0, 0.05) is 25.0 Å². The standard InChI is InChI=1S/C13H18N2O2/c1-10-9-15(7-5-12(10)16)13(17)8-11-4-2-3-6-14-11/h2-4,6,10,12,16H,5,7-9H2,1H3. The van der Waals surface area contributed by atoms with Crippen LogP contribution in [0.25, 0.3) is 0 Å². The lowest BCUT2D eigenvalue weighted by Gasteiger charge is -2.34. The number of likely N-dealkylation sites (tertiary alicyclic amines) is 1. The van der Waals surface area contributed by atoms with Gasteiger partial charge in [-0.3, -0.25) is 9.78 Å². The number of pyridine rings is 1. The average molecular weight is 234 g/mol. The fourth-order valence-corrected chi connectivity index (χ4v) is 2.13. The Bertz CT molecular complexity index is 380. The monoisotopic (exact) mass is 234 g/mol. The molecule has 2 atom stereocenters. The first-order valence-electron chi connectivity index (χ1n) is 6.02. The van der Waals surface area contributed by atoms with E-state index in [0.29, 0.717) is 25.9 Å². The molecule has 1 fully saturated rings. The molecule has 4 nitrogen and oxygen atoms in total. The highest BCUT2D eigenvalue weighted by Gasteiger charge is 2.27. The third-order valence-electron chi connectivity index (χ3n) is 3.27. The minimum atomic E-state index is -0.270. The Kier molecular flexibility index (Phi) is 3.74. The Morgan fingerprint density at radius 1 is 1.59 bits per heavy atom. The summed E-state index contributed by atoms with van der Waals surface area (Å²) in [5.74, 6) is 0.263. The molecule has 1 amide bonds.